The van der Waals surface area contributed by atoms with Gasteiger partial charge in [0.2, 0.25) is 5.82 Å². The Morgan fingerprint density at radius 3 is 2.44 bits per heavy atom. The average Bonchev–Trinajstić information content (AvgIpc) is 2.79. The van der Waals surface area contributed by atoms with E-state index >= 15 is 0 Å². The van der Waals surface area contributed by atoms with Gasteiger partial charge in [-0.05, 0) is 24.3 Å². The molecule has 12 heteroatoms. The Bertz CT molecular complexity index is 1170. The summed E-state index contributed by atoms with van der Waals surface area (Å²) in [6.07, 6.45) is -3.46. The molecule has 34 heavy (non-hydrogen) atoms. The van der Waals surface area contributed by atoms with E-state index < -0.39 is 42.7 Å². The summed E-state index contributed by atoms with van der Waals surface area (Å²) >= 11 is 0. The molecule has 0 radical (unpaired) electrons. The first-order valence-electron chi connectivity index (χ1n) is 10.5. The van der Waals surface area contributed by atoms with Gasteiger partial charge in [-0.3, -0.25) is 9.69 Å². The molecule has 1 aliphatic rings. The van der Waals surface area contributed by atoms with Crippen LogP contribution in [0.3, 0.4) is 0 Å². The summed E-state index contributed by atoms with van der Waals surface area (Å²) in [5, 5.41) is 3.33. The first kappa shape index (κ1) is 23.7. The van der Waals surface area contributed by atoms with Crippen molar-refractivity contribution in [2.24, 2.45) is 0 Å². The molecule has 4 rings (SSSR count). The number of amides is 1. The van der Waals surface area contributed by atoms with E-state index in [4.69, 9.17) is 5.73 Å². The summed E-state index contributed by atoms with van der Waals surface area (Å²) in [5.74, 6) is -4.25. The van der Waals surface area contributed by atoms with Crippen molar-refractivity contribution in [1.29, 1.82) is 0 Å². The van der Waals surface area contributed by atoms with Crippen LogP contribution < -0.4 is 11.1 Å². The average molecular weight is 480 g/mol. The zero-order valence-corrected chi connectivity index (χ0v) is 17.8. The Balaban J connectivity index is 1.57. The van der Waals surface area contributed by atoms with Crippen molar-refractivity contribution in [3.05, 3.63) is 59.7 Å². The molecular weight excluding hydrogens is 459 g/mol. The molecule has 180 valence electrons. The molecule has 3 aromatic rings. The molecule has 7 nitrogen and oxygen atoms in total. The molecule has 1 fully saturated rings. The molecule has 1 amide bonds. The molecular formula is C22H21F5N6O. The number of hydrogen-bond donors (Lipinski definition) is 2. The van der Waals surface area contributed by atoms with E-state index in [0.29, 0.717) is 22.3 Å². The number of nitrogens with two attached hydrogens (primary N) is 1. The van der Waals surface area contributed by atoms with Crippen molar-refractivity contribution >= 4 is 22.6 Å². The number of nitrogen functional groups attached to an aromatic ring is 1. The van der Waals surface area contributed by atoms with E-state index in [1.807, 2.05) is 0 Å². The van der Waals surface area contributed by atoms with Crippen LogP contribution in [0.1, 0.15) is 40.6 Å². The van der Waals surface area contributed by atoms with Gasteiger partial charge in [-0.2, -0.15) is 13.2 Å². The van der Waals surface area contributed by atoms with E-state index in [0.717, 1.165) is 12.4 Å². The Morgan fingerprint density at radius 1 is 1.12 bits per heavy atom. The van der Waals surface area contributed by atoms with Crippen LogP contribution in [0.5, 0.6) is 0 Å². The van der Waals surface area contributed by atoms with Crippen LogP contribution >= 0.6 is 0 Å². The van der Waals surface area contributed by atoms with Crippen LogP contribution in [0.15, 0.2) is 42.7 Å². The molecule has 3 N–H and O–H groups in total. The van der Waals surface area contributed by atoms with Crippen molar-refractivity contribution in [2.45, 2.75) is 31.0 Å². The Hall–Kier alpha value is -3.41. The van der Waals surface area contributed by atoms with Gasteiger partial charge in [-0.15, -0.1) is 0 Å². The molecule has 0 aliphatic carbocycles. The summed E-state index contributed by atoms with van der Waals surface area (Å²) in [6.45, 7) is -0.0318. The molecule has 0 unspecified atom stereocenters. The number of nitrogens with zero attached hydrogens (tertiary/aromatic N) is 4. The number of likely N-dealkylation sites (tertiary alicyclic amines) is 1. The summed E-state index contributed by atoms with van der Waals surface area (Å²) < 4.78 is 66.0. The number of carbonyl (C=O) groups excluding carboxylic acids is 1. The Kier molecular flexibility index (Phi) is 6.34. The fourth-order valence-corrected chi connectivity index (χ4v) is 3.93. The number of nitrogens with one attached hydrogen (secondary N) is 1. The third kappa shape index (κ3) is 5.22. The van der Waals surface area contributed by atoms with Crippen LogP contribution in [0.2, 0.25) is 0 Å². The van der Waals surface area contributed by atoms with E-state index in [1.54, 1.807) is 35.2 Å². The second-order valence-corrected chi connectivity index (χ2v) is 8.06. The largest absolute Gasteiger partial charge is 0.451 e. The predicted octanol–water partition coefficient (Wildman–Crippen LogP) is 3.83. The number of piperidine rings is 1. The molecule has 0 spiro atoms. The first-order valence-corrected chi connectivity index (χ1v) is 10.5. The number of pyridine rings is 1. The summed E-state index contributed by atoms with van der Waals surface area (Å²) in [7, 11) is 0. The maximum Gasteiger partial charge on any atom is 0.451 e. The fraction of sp³-hybridized carbons (Fsp3) is 0.364. The van der Waals surface area contributed by atoms with Crippen molar-refractivity contribution in [3.63, 3.8) is 0 Å². The van der Waals surface area contributed by atoms with Gasteiger partial charge in [0.05, 0.1) is 11.6 Å². The van der Waals surface area contributed by atoms with Gasteiger partial charge < -0.3 is 11.1 Å². The van der Waals surface area contributed by atoms with Crippen molar-refractivity contribution < 1.29 is 26.7 Å². The smallest absolute Gasteiger partial charge is 0.384 e. The Morgan fingerprint density at radius 2 is 1.79 bits per heavy atom. The molecule has 3 heterocycles. The minimum Gasteiger partial charge on any atom is -0.384 e. The van der Waals surface area contributed by atoms with Crippen molar-refractivity contribution in [1.82, 2.24) is 25.2 Å². The highest BCUT2D eigenvalue weighted by Gasteiger charge is 2.38. The SMILES string of the molecule is Nc1ccc2c(C(=O)NC[C@@H](c3cnc(C(F)(F)F)nc3)N3CCC(F)(F)CC3)cccc2n1. The third-order valence-electron chi connectivity index (χ3n) is 5.73. The topological polar surface area (TPSA) is 97.0 Å². The van der Waals surface area contributed by atoms with Crippen LogP contribution in [0, 0.1) is 0 Å². The van der Waals surface area contributed by atoms with Gasteiger partial charge in [-0.25, -0.2) is 23.7 Å². The molecule has 1 atom stereocenters. The van der Waals surface area contributed by atoms with Gasteiger partial charge in [0, 0.05) is 61.4 Å². The summed E-state index contributed by atoms with van der Waals surface area (Å²) in [4.78, 5) is 25.6. The van der Waals surface area contributed by atoms with Crippen LogP contribution in [0.25, 0.3) is 10.9 Å². The van der Waals surface area contributed by atoms with Gasteiger partial charge in [-0.1, -0.05) is 6.07 Å². The number of aromatic nitrogens is 3. The highest BCUT2D eigenvalue weighted by Crippen LogP contribution is 2.33. The molecule has 1 aliphatic heterocycles. The van der Waals surface area contributed by atoms with Crippen molar-refractivity contribution in [3.8, 4) is 0 Å². The van der Waals surface area contributed by atoms with E-state index in [9.17, 15) is 26.7 Å². The normalized spacial score (nSPS) is 17.4. The molecule has 0 bridgehead atoms. The van der Waals surface area contributed by atoms with E-state index in [1.165, 1.54) is 0 Å². The lowest BCUT2D eigenvalue weighted by molar-refractivity contribution is -0.145. The number of carbonyl (C=O) groups is 1. The monoisotopic (exact) mass is 480 g/mol. The summed E-state index contributed by atoms with van der Waals surface area (Å²) in [5.41, 5.74) is 6.84. The first-order chi connectivity index (χ1) is 16.0. The minimum atomic E-state index is -4.71. The second kappa shape index (κ2) is 9.09. The maximum atomic E-state index is 13.7. The van der Waals surface area contributed by atoms with Crippen LogP contribution in [0.4, 0.5) is 27.8 Å². The number of halogens is 5. The lowest BCUT2D eigenvalue weighted by atomic mass is 10.0. The number of hydrogen-bond acceptors (Lipinski definition) is 6. The van der Waals surface area contributed by atoms with E-state index in [2.05, 4.69) is 20.3 Å². The van der Waals surface area contributed by atoms with Gasteiger partial charge in [0.25, 0.3) is 11.8 Å². The standard InChI is InChI=1S/C22H21F5N6O/c23-21(24)6-8-33(9-7-21)17(13-10-30-20(31-11-13)22(25,26)27)12-29-19(34)15-2-1-3-16-14(15)4-5-18(28)32-16/h1-5,10-11,17H,6-9,12H2,(H2,28,32)(H,29,34)/t17-/m0/s1. The number of anilines is 1. The van der Waals surface area contributed by atoms with Gasteiger partial charge >= 0.3 is 6.18 Å². The van der Waals surface area contributed by atoms with E-state index in [-0.39, 0.29) is 25.2 Å². The highest BCUT2D eigenvalue weighted by molar-refractivity contribution is 6.06. The molecule has 1 aromatic carbocycles. The van der Waals surface area contributed by atoms with Crippen LogP contribution in [-0.2, 0) is 6.18 Å². The number of benzene rings is 1. The molecule has 2 aromatic heterocycles. The van der Waals surface area contributed by atoms with Crippen molar-refractivity contribution in [2.75, 3.05) is 25.4 Å². The van der Waals surface area contributed by atoms with Crippen LogP contribution in [-0.4, -0.2) is 51.3 Å². The quantitative estimate of drug-likeness (QED) is 0.539. The predicted molar refractivity (Wildman–Crippen MR) is 114 cm³/mol. The van der Waals surface area contributed by atoms with Gasteiger partial charge in [0.15, 0.2) is 0 Å². The number of rotatable bonds is 5. The highest BCUT2D eigenvalue weighted by atomic mass is 19.4. The zero-order chi connectivity index (χ0) is 24.5. The fourth-order valence-electron chi connectivity index (χ4n) is 3.93. The summed E-state index contributed by atoms with van der Waals surface area (Å²) in [6, 6.07) is 7.51. The molecule has 0 saturated carbocycles. The Labute approximate surface area is 191 Å². The minimum absolute atomic E-state index is 0.00598. The molecule has 1 saturated heterocycles. The second-order valence-electron chi connectivity index (χ2n) is 8.06. The lowest BCUT2D eigenvalue weighted by Gasteiger charge is -2.37. The van der Waals surface area contributed by atoms with Gasteiger partial charge in [0.1, 0.15) is 5.82 Å². The number of alkyl halides is 5. The maximum absolute atomic E-state index is 13.7. The third-order valence-corrected chi connectivity index (χ3v) is 5.73. The zero-order valence-electron chi connectivity index (χ0n) is 17.8. The number of fused-ring (bicyclic) bond motifs is 1. The lowest BCUT2D eigenvalue weighted by Crippen LogP contribution is -2.45.